The summed E-state index contributed by atoms with van der Waals surface area (Å²) in [7, 11) is 1.72. The molecule has 0 aromatic rings. The molecule has 0 bridgehead atoms. The summed E-state index contributed by atoms with van der Waals surface area (Å²) < 4.78 is 5.50. The summed E-state index contributed by atoms with van der Waals surface area (Å²) in [5.74, 6) is 0.0548. The van der Waals surface area contributed by atoms with E-state index in [9.17, 15) is 4.79 Å². The van der Waals surface area contributed by atoms with E-state index in [1.54, 1.807) is 11.9 Å². The highest BCUT2D eigenvalue weighted by molar-refractivity contribution is 6.01. The maximum absolute atomic E-state index is 12.2. The molecule has 0 aromatic heterocycles. The third kappa shape index (κ3) is 5.46. The van der Waals surface area contributed by atoms with Crippen LogP contribution in [0.3, 0.4) is 0 Å². The molecule has 19 heavy (non-hydrogen) atoms. The molecular weight excluding hydrogens is 246 g/mol. The number of hydrogen-bond donors (Lipinski definition) is 2. The summed E-state index contributed by atoms with van der Waals surface area (Å²) in [5, 5.41) is 11.7. The van der Waals surface area contributed by atoms with Crippen molar-refractivity contribution in [1.82, 2.24) is 4.90 Å². The first kappa shape index (κ1) is 15.8. The van der Waals surface area contributed by atoms with Crippen molar-refractivity contribution >= 4 is 11.7 Å². The second-order valence-electron chi connectivity index (χ2n) is 5.14. The number of nitrogens with two attached hydrogens (primary N) is 1. The van der Waals surface area contributed by atoms with Gasteiger partial charge in [-0.2, -0.15) is 0 Å². The Morgan fingerprint density at radius 1 is 1.58 bits per heavy atom. The molecule has 3 N–H and O–H groups in total. The van der Waals surface area contributed by atoms with E-state index in [1.165, 1.54) is 12.8 Å². The first-order chi connectivity index (χ1) is 9.10. The van der Waals surface area contributed by atoms with Gasteiger partial charge in [0.2, 0.25) is 5.91 Å². The zero-order valence-corrected chi connectivity index (χ0v) is 11.8. The Balaban J connectivity index is 2.33. The minimum absolute atomic E-state index is 0.0161. The third-order valence-electron chi connectivity index (χ3n) is 3.35. The number of likely N-dealkylation sites (N-methyl/N-ethyl adjacent to an activating group) is 1. The van der Waals surface area contributed by atoms with Crippen LogP contribution in [0, 0.1) is 11.8 Å². The van der Waals surface area contributed by atoms with Crippen LogP contribution in [0.5, 0.6) is 0 Å². The molecular formula is C13H25N3O3. The zero-order valence-electron chi connectivity index (χ0n) is 11.8. The van der Waals surface area contributed by atoms with Gasteiger partial charge in [0.15, 0.2) is 5.84 Å². The Bertz CT molecular complexity index is 316. The minimum atomic E-state index is -0.538. The van der Waals surface area contributed by atoms with E-state index in [0.717, 1.165) is 18.9 Å². The van der Waals surface area contributed by atoms with Crippen molar-refractivity contribution in [3.8, 4) is 0 Å². The fourth-order valence-corrected chi connectivity index (χ4v) is 1.87. The Morgan fingerprint density at radius 3 is 2.79 bits per heavy atom. The lowest BCUT2D eigenvalue weighted by molar-refractivity contribution is -0.133. The van der Waals surface area contributed by atoms with E-state index < -0.39 is 5.92 Å². The molecule has 1 amide bonds. The molecule has 1 aliphatic carbocycles. The molecule has 110 valence electrons. The normalized spacial score (nSPS) is 17.3. The molecule has 1 atom stereocenters. The lowest BCUT2D eigenvalue weighted by atomic mass is 10.0. The summed E-state index contributed by atoms with van der Waals surface area (Å²) >= 11 is 0. The largest absolute Gasteiger partial charge is 0.409 e. The smallest absolute Gasteiger partial charge is 0.233 e. The van der Waals surface area contributed by atoms with Crippen molar-refractivity contribution in [2.24, 2.45) is 22.7 Å². The average Bonchev–Trinajstić information content (AvgIpc) is 3.23. The van der Waals surface area contributed by atoms with Gasteiger partial charge in [0.25, 0.3) is 0 Å². The van der Waals surface area contributed by atoms with Crippen LogP contribution in [-0.2, 0) is 9.53 Å². The Labute approximate surface area is 114 Å². The van der Waals surface area contributed by atoms with E-state index in [2.05, 4.69) is 5.16 Å². The predicted octanol–water partition coefficient (Wildman–Crippen LogP) is 1.03. The predicted molar refractivity (Wildman–Crippen MR) is 73.0 cm³/mol. The number of nitrogens with zero attached hydrogens (tertiary/aromatic N) is 2. The van der Waals surface area contributed by atoms with Gasteiger partial charge >= 0.3 is 0 Å². The van der Waals surface area contributed by atoms with Crippen LogP contribution in [-0.4, -0.2) is 48.7 Å². The summed E-state index contributed by atoms with van der Waals surface area (Å²) in [6.45, 7) is 3.82. The van der Waals surface area contributed by atoms with Crippen LogP contribution in [0.15, 0.2) is 5.16 Å². The molecule has 1 rings (SSSR count). The van der Waals surface area contributed by atoms with Crippen molar-refractivity contribution in [1.29, 1.82) is 0 Å². The second-order valence-corrected chi connectivity index (χ2v) is 5.14. The van der Waals surface area contributed by atoms with Crippen molar-refractivity contribution < 1.29 is 14.7 Å². The highest BCUT2D eigenvalue weighted by Crippen LogP contribution is 2.28. The van der Waals surface area contributed by atoms with Gasteiger partial charge in [-0.05, 0) is 25.2 Å². The lowest BCUT2D eigenvalue weighted by Gasteiger charge is -2.22. The molecule has 0 spiro atoms. The molecule has 1 fully saturated rings. The number of amidine groups is 1. The molecule has 1 aliphatic rings. The van der Waals surface area contributed by atoms with Crippen molar-refractivity contribution in [3.63, 3.8) is 0 Å². The van der Waals surface area contributed by atoms with Crippen LogP contribution in [0.2, 0.25) is 0 Å². The van der Waals surface area contributed by atoms with Crippen molar-refractivity contribution in [2.75, 3.05) is 26.8 Å². The molecule has 0 radical (unpaired) electrons. The van der Waals surface area contributed by atoms with Gasteiger partial charge in [-0.25, -0.2) is 0 Å². The first-order valence-electron chi connectivity index (χ1n) is 6.90. The third-order valence-corrected chi connectivity index (χ3v) is 3.35. The maximum Gasteiger partial charge on any atom is 0.233 e. The SMILES string of the molecule is CCCC(C(=O)N(C)CCOCC1CC1)C(N)=NO. The standard InChI is InChI=1S/C13H25N3O3/c1-3-4-11(12(14)15-18)13(17)16(2)7-8-19-9-10-5-6-10/h10-11,18H,3-9H2,1-2H3,(H2,14,15). The molecule has 0 aliphatic heterocycles. The van der Waals surface area contributed by atoms with Gasteiger partial charge < -0.3 is 20.6 Å². The van der Waals surface area contributed by atoms with E-state index in [1.807, 2.05) is 6.92 Å². The van der Waals surface area contributed by atoms with E-state index in [-0.39, 0.29) is 11.7 Å². The first-order valence-corrected chi connectivity index (χ1v) is 6.90. The quantitative estimate of drug-likeness (QED) is 0.215. The second kappa shape index (κ2) is 7.99. The Kier molecular flexibility index (Phi) is 6.62. The van der Waals surface area contributed by atoms with Crippen LogP contribution in [0.1, 0.15) is 32.6 Å². The fraction of sp³-hybridized carbons (Fsp3) is 0.846. The van der Waals surface area contributed by atoms with Crippen molar-refractivity contribution in [3.05, 3.63) is 0 Å². The topological polar surface area (TPSA) is 88.2 Å². The fourth-order valence-electron chi connectivity index (χ4n) is 1.87. The Morgan fingerprint density at radius 2 is 2.26 bits per heavy atom. The number of ether oxygens (including phenoxy) is 1. The van der Waals surface area contributed by atoms with Gasteiger partial charge in [0.1, 0.15) is 0 Å². The molecule has 1 unspecified atom stereocenters. The summed E-state index contributed by atoms with van der Waals surface area (Å²) in [5.41, 5.74) is 5.57. The highest BCUT2D eigenvalue weighted by atomic mass is 16.5. The summed E-state index contributed by atoms with van der Waals surface area (Å²) in [4.78, 5) is 13.8. The van der Waals surface area contributed by atoms with E-state index in [0.29, 0.717) is 19.6 Å². The van der Waals surface area contributed by atoms with E-state index in [4.69, 9.17) is 15.7 Å². The molecule has 1 saturated carbocycles. The van der Waals surface area contributed by atoms with E-state index >= 15 is 0 Å². The minimum Gasteiger partial charge on any atom is -0.409 e. The monoisotopic (exact) mass is 271 g/mol. The molecule has 0 heterocycles. The number of amides is 1. The summed E-state index contributed by atoms with van der Waals surface area (Å²) in [6, 6.07) is 0. The maximum atomic E-state index is 12.2. The van der Waals surface area contributed by atoms with Gasteiger partial charge in [-0.3, -0.25) is 4.79 Å². The van der Waals surface area contributed by atoms with Gasteiger partial charge in [0.05, 0.1) is 12.5 Å². The van der Waals surface area contributed by atoms with Crippen molar-refractivity contribution in [2.45, 2.75) is 32.6 Å². The van der Waals surface area contributed by atoms with Gasteiger partial charge in [0, 0.05) is 20.2 Å². The van der Waals surface area contributed by atoms with Gasteiger partial charge in [-0.1, -0.05) is 18.5 Å². The number of hydrogen-bond acceptors (Lipinski definition) is 4. The van der Waals surface area contributed by atoms with Gasteiger partial charge in [-0.15, -0.1) is 0 Å². The molecule has 6 nitrogen and oxygen atoms in total. The summed E-state index contributed by atoms with van der Waals surface area (Å²) in [6.07, 6.45) is 3.91. The lowest BCUT2D eigenvalue weighted by Crippen LogP contribution is -2.41. The number of rotatable bonds is 9. The Hall–Kier alpha value is -1.30. The van der Waals surface area contributed by atoms with Crippen LogP contribution >= 0.6 is 0 Å². The molecule has 6 heteroatoms. The highest BCUT2D eigenvalue weighted by Gasteiger charge is 2.25. The van der Waals surface area contributed by atoms with Crippen LogP contribution in [0.25, 0.3) is 0 Å². The van der Waals surface area contributed by atoms with Crippen LogP contribution < -0.4 is 5.73 Å². The zero-order chi connectivity index (χ0) is 14.3. The van der Waals surface area contributed by atoms with Crippen LogP contribution in [0.4, 0.5) is 0 Å². The number of carbonyl (C=O) groups is 1. The molecule has 0 saturated heterocycles. The average molecular weight is 271 g/mol. The molecule has 0 aromatic carbocycles. The number of oxime groups is 1. The number of carbonyl (C=O) groups excluding carboxylic acids is 1.